The van der Waals surface area contributed by atoms with Crippen molar-refractivity contribution < 1.29 is 4.39 Å². The molecule has 0 N–H and O–H groups in total. The van der Waals surface area contributed by atoms with Crippen molar-refractivity contribution >= 4 is 13.3 Å². The van der Waals surface area contributed by atoms with Crippen molar-refractivity contribution in [1.29, 1.82) is 0 Å². The molecule has 0 bridgehead atoms. The molecule has 0 nitrogen and oxygen atoms in total. The average Bonchev–Trinajstić information content (AvgIpc) is 1.94. The van der Waals surface area contributed by atoms with Crippen LogP contribution < -0.4 is 5.46 Å². The molecule has 0 spiro atoms. The van der Waals surface area contributed by atoms with E-state index in [4.69, 9.17) is 7.85 Å². The minimum absolute atomic E-state index is 0.170. The van der Waals surface area contributed by atoms with E-state index in [0.29, 0.717) is 17.4 Å². The fourth-order valence-electron chi connectivity index (χ4n) is 0.866. The minimum Gasteiger partial charge on any atom is -0.207 e. The Kier molecular flexibility index (Phi) is 2.10. The molecule has 2 heteroatoms. The smallest absolute Gasteiger partial charge is 0.126 e. The predicted molar refractivity (Wildman–Crippen MR) is 41.2 cm³/mol. The minimum atomic E-state index is -0.170. The van der Waals surface area contributed by atoms with Crippen LogP contribution in [0.15, 0.2) is 18.2 Å². The van der Waals surface area contributed by atoms with Gasteiger partial charge < -0.3 is 0 Å². The van der Waals surface area contributed by atoms with E-state index >= 15 is 0 Å². The van der Waals surface area contributed by atoms with E-state index in [0.717, 1.165) is 0 Å². The highest BCUT2D eigenvalue weighted by atomic mass is 19.1. The molecule has 0 atom stereocenters. The van der Waals surface area contributed by atoms with Gasteiger partial charge in [-0.05, 0) is 18.1 Å². The fourth-order valence-corrected chi connectivity index (χ4v) is 0.866. The summed E-state index contributed by atoms with van der Waals surface area (Å²) in [5.74, 6) is -0.170. The van der Waals surface area contributed by atoms with Crippen LogP contribution in [-0.4, -0.2) is 7.85 Å². The van der Waals surface area contributed by atoms with E-state index in [2.05, 4.69) is 0 Å². The largest absolute Gasteiger partial charge is 0.207 e. The van der Waals surface area contributed by atoms with Crippen molar-refractivity contribution in [1.82, 2.24) is 0 Å². The first-order chi connectivity index (χ1) is 4.74. The van der Waals surface area contributed by atoms with E-state index in [-0.39, 0.29) is 5.82 Å². The summed E-state index contributed by atoms with van der Waals surface area (Å²) < 4.78 is 12.7. The van der Waals surface area contributed by atoms with E-state index < -0.39 is 0 Å². The highest BCUT2D eigenvalue weighted by molar-refractivity contribution is 6.32. The van der Waals surface area contributed by atoms with Crippen molar-refractivity contribution in [3.05, 3.63) is 29.6 Å². The van der Waals surface area contributed by atoms with Crippen molar-refractivity contribution in [2.45, 2.75) is 13.3 Å². The van der Waals surface area contributed by atoms with Gasteiger partial charge in [-0.3, -0.25) is 0 Å². The molecular weight excluding hydrogens is 126 g/mol. The summed E-state index contributed by atoms with van der Waals surface area (Å²) in [6.07, 6.45) is 0.691. The second kappa shape index (κ2) is 2.87. The number of benzene rings is 1. The lowest BCUT2D eigenvalue weighted by Crippen LogP contribution is -2.03. The predicted octanol–water partition coefficient (Wildman–Crippen LogP) is 1.18. The van der Waals surface area contributed by atoms with Gasteiger partial charge in [0.25, 0.3) is 0 Å². The van der Waals surface area contributed by atoms with Crippen LogP contribution >= 0.6 is 0 Å². The topological polar surface area (TPSA) is 0 Å². The summed E-state index contributed by atoms with van der Waals surface area (Å²) in [6.45, 7) is 1.90. The lowest BCUT2D eigenvalue weighted by Gasteiger charge is -1.99. The Morgan fingerprint density at radius 3 is 2.70 bits per heavy atom. The van der Waals surface area contributed by atoms with Gasteiger partial charge in [-0.15, -0.1) is 0 Å². The van der Waals surface area contributed by atoms with Gasteiger partial charge in [0.15, 0.2) is 0 Å². The van der Waals surface area contributed by atoms with Gasteiger partial charge >= 0.3 is 0 Å². The summed E-state index contributed by atoms with van der Waals surface area (Å²) in [7, 11) is 5.44. The molecule has 1 rings (SSSR count). The third-order valence-electron chi connectivity index (χ3n) is 1.45. The van der Waals surface area contributed by atoms with Gasteiger partial charge in [-0.1, -0.05) is 24.5 Å². The van der Waals surface area contributed by atoms with Crippen LogP contribution in [0.1, 0.15) is 12.5 Å². The first-order valence-corrected chi connectivity index (χ1v) is 3.28. The standard InChI is InChI=1S/C8H8BF/c1-2-6-5-7(9)3-4-8(6)10/h3-5H,2H2,1H3. The van der Waals surface area contributed by atoms with Crippen LogP contribution in [0.3, 0.4) is 0 Å². The molecule has 0 amide bonds. The van der Waals surface area contributed by atoms with Gasteiger partial charge in [0.2, 0.25) is 0 Å². The van der Waals surface area contributed by atoms with Crippen LogP contribution in [0.5, 0.6) is 0 Å². The van der Waals surface area contributed by atoms with Gasteiger partial charge in [-0.2, -0.15) is 0 Å². The van der Waals surface area contributed by atoms with E-state index in [1.165, 1.54) is 6.07 Å². The second-order valence-electron chi connectivity index (χ2n) is 2.20. The van der Waals surface area contributed by atoms with Crippen LogP contribution in [0.2, 0.25) is 0 Å². The van der Waals surface area contributed by atoms with Gasteiger partial charge in [0, 0.05) is 0 Å². The summed E-state index contributed by atoms with van der Waals surface area (Å²) in [6, 6.07) is 4.62. The molecule has 0 saturated heterocycles. The summed E-state index contributed by atoms with van der Waals surface area (Å²) >= 11 is 0. The zero-order chi connectivity index (χ0) is 7.56. The van der Waals surface area contributed by atoms with Crippen LogP contribution in [0, 0.1) is 5.82 Å². The molecule has 0 heterocycles. The van der Waals surface area contributed by atoms with Crippen LogP contribution in [-0.2, 0) is 6.42 Å². The Hall–Kier alpha value is -0.785. The third kappa shape index (κ3) is 1.38. The van der Waals surface area contributed by atoms with Gasteiger partial charge in [0.05, 0.1) is 0 Å². The zero-order valence-electron chi connectivity index (χ0n) is 5.89. The first-order valence-electron chi connectivity index (χ1n) is 3.28. The molecule has 0 saturated carbocycles. The quantitative estimate of drug-likeness (QED) is 0.506. The number of rotatable bonds is 1. The molecule has 0 aromatic heterocycles. The lowest BCUT2D eigenvalue weighted by molar-refractivity contribution is 0.613. The van der Waals surface area contributed by atoms with Crippen molar-refractivity contribution in [3.8, 4) is 0 Å². The van der Waals surface area contributed by atoms with Crippen molar-refractivity contribution in [3.63, 3.8) is 0 Å². The molecular formula is C8H8BF. The van der Waals surface area contributed by atoms with E-state index in [1.807, 2.05) is 6.92 Å². The first kappa shape index (κ1) is 7.32. The number of halogens is 1. The zero-order valence-corrected chi connectivity index (χ0v) is 5.89. The second-order valence-corrected chi connectivity index (χ2v) is 2.20. The fraction of sp³-hybridized carbons (Fsp3) is 0.250. The van der Waals surface area contributed by atoms with Gasteiger partial charge in [-0.25, -0.2) is 4.39 Å². The molecule has 0 unspecified atom stereocenters. The Labute approximate surface area is 61.5 Å². The number of hydrogen-bond acceptors (Lipinski definition) is 0. The van der Waals surface area contributed by atoms with E-state index in [9.17, 15) is 4.39 Å². The molecule has 50 valence electrons. The maximum atomic E-state index is 12.7. The number of hydrogen-bond donors (Lipinski definition) is 0. The SMILES string of the molecule is [B]c1ccc(F)c(CC)c1. The maximum Gasteiger partial charge on any atom is 0.126 e. The van der Waals surface area contributed by atoms with Gasteiger partial charge in [0.1, 0.15) is 13.7 Å². The molecule has 0 aliphatic rings. The van der Waals surface area contributed by atoms with Crippen molar-refractivity contribution in [2.75, 3.05) is 0 Å². The van der Waals surface area contributed by atoms with E-state index in [1.54, 1.807) is 12.1 Å². The van der Waals surface area contributed by atoms with Crippen molar-refractivity contribution in [2.24, 2.45) is 0 Å². The molecule has 1 aromatic rings. The lowest BCUT2D eigenvalue weighted by atomic mass is 9.94. The third-order valence-corrected chi connectivity index (χ3v) is 1.45. The summed E-state index contributed by atoms with van der Waals surface area (Å²) in [5, 5.41) is 0. The Bertz CT molecular complexity index is 233. The van der Waals surface area contributed by atoms with Crippen LogP contribution in [0.25, 0.3) is 0 Å². The average molecular weight is 134 g/mol. The highest BCUT2D eigenvalue weighted by Crippen LogP contribution is 2.03. The Morgan fingerprint density at radius 1 is 1.50 bits per heavy atom. The van der Waals surface area contributed by atoms with Crippen LogP contribution in [0.4, 0.5) is 4.39 Å². The monoisotopic (exact) mass is 134 g/mol. The summed E-state index contributed by atoms with van der Waals surface area (Å²) in [5.41, 5.74) is 1.30. The summed E-state index contributed by atoms with van der Waals surface area (Å²) in [4.78, 5) is 0. The molecule has 0 aliphatic carbocycles. The highest BCUT2D eigenvalue weighted by Gasteiger charge is 1.96. The molecule has 0 aliphatic heterocycles. The molecule has 2 radical (unpaired) electrons. The molecule has 1 aromatic carbocycles. The Balaban J connectivity index is 3.09. The molecule has 0 fully saturated rings. The normalized spacial score (nSPS) is 9.80. The maximum absolute atomic E-state index is 12.7. The number of aryl methyl sites for hydroxylation is 1. The Morgan fingerprint density at radius 2 is 2.20 bits per heavy atom. The molecule has 10 heavy (non-hydrogen) atoms.